The maximum absolute atomic E-state index is 12.0. The first-order valence-corrected chi connectivity index (χ1v) is 7.39. The second-order valence-corrected chi connectivity index (χ2v) is 6.20. The second-order valence-electron chi connectivity index (χ2n) is 6.20. The van der Waals surface area contributed by atoms with Gasteiger partial charge in [0.25, 0.3) is 0 Å². The first-order chi connectivity index (χ1) is 11.1. The molecule has 1 aromatic carbocycles. The summed E-state index contributed by atoms with van der Waals surface area (Å²) in [6.45, 7) is 5.06. The second kappa shape index (κ2) is 8.19. The van der Waals surface area contributed by atoms with Gasteiger partial charge in [0.1, 0.15) is 11.6 Å². The highest BCUT2D eigenvalue weighted by molar-refractivity contribution is 5.83. The molecule has 1 aromatic rings. The van der Waals surface area contributed by atoms with E-state index in [1.165, 1.54) is 7.05 Å². The standard InChI is InChI=1S/C16H23N3O5/c1-16(2,3)24-15(23)18-19(4)14(22)17-12(13(20)21)10-11-8-6-5-7-9-11/h5-9,12H,10H2,1-4H3,(H,17,22)(H,18,23)(H,20,21)/t12-/m0/s1. The number of nitrogens with one attached hydrogen (secondary N) is 2. The number of benzene rings is 1. The van der Waals surface area contributed by atoms with Crippen LogP contribution in [0.25, 0.3) is 0 Å². The van der Waals surface area contributed by atoms with E-state index in [0.717, 1.165) is 10.6 Å². The molecule has 3 amide bonds. The fourth-order valence-electron chi connectivity index (χ4n) is 1.78. The predicted octanol–water partition coefficient (Wildman–Crippen LogP) is 1.76. The van der Waals surface area contributed by atoms with E-state index in [1.54, 1.807) is 45.0 Å². The third-order valence-electron chi connectivity index (χ3n) is 2.84. The van der Waals surface area contributed by atoms with Crippen molar-refractivity contribution in [3.05, 3.63) is 35.9 Å². The molecule has 3 N–H and O–H groups in total. The van der Waals surface area contributed by atoms with Gasteiger partial charge in [-0.15, -0.1) is 0 Å². The van der Waals surface area contributed by atoms with E-state index in [0.29, 0.717) is 0 Å². The molecule has 8 heteroatoms. The van der Waals surface area contributed by atoms with E-state index < -0.39 is 29.7 Å². The number of carboxylic acids is 1. The van der Waals surface area contributed by atoms with Gasteiger partial charge in [-0.05, 0) is 26.3 Å². The minimum absolute atomic E-state index is 0.127. The number of nitrogens with zero attached hydrogens (tertiary/aromatic N) is 1. The van der Waals surface area contributed by atoms with Crippen molar-refractivity contribution < 1.29 is 24.2 Å². The van der Waals surface area contributed by atoms with Crippen LogP contribution in [0.1, 0.15) is 26.3 Å². The Morgan fingerprint density at radius 1 is 1.21 bits per heavy atom. The smallest absolute Gasteiger partial charge is 0.426 e. The summed E-state index contributed by atoms with van der Waals surface area (Å²) in [5.74, 6) is -1.17. The maximum Gasteiger partial charge on any atom is 0.426 e. The molecule has 0 aromatic heterocycles. The lowest BCUT2D eigenvalue weighted by Crippen LogP contribution is -2.53. The minimum Gasteiger partial charge on any atom is -0.480 e. The molecule has 132 valence electrons. The summed E-state index contributed by atoms with van der Waals surface area (Å²) < 4.78 is 5.02. The number of hydrazine groups is 1. The summed E-state index contributed by atoms with van der Waals surface area (Å²) >= 11 is 0. The van der Waals surface area contributed by atoms with Crippen LogP contribution in [0.15, 0.2) is 30.3 Å². The number of hydrogen-bond acceptors (Lipinski definition) is 4. The number of carbonyl (C=O) groups excluding carboxylic acids is 2. The summed E-state index contributed by atoms with van der Waals surface area (Å²) in [7, 11) is 1.29. The summed E-state index contributed by atoms with van der Waals surface area (Å²) in [6.07, 6.45) is -0.683. The Morgan fingerprint density at radius 2 is 1.79 bits per heavy atom. The average Bonchev–Trinajstić information content (AvgIpc) is 2.45. The monoisotopic (exact) mass is 337 g/mol. The van der Waals surface area contributed by atoms with Crippen LogP contribution >= 0.6 is 0 Å². The zero-order valence-electron chi connectivity index (χ0n) is 14.2. The average molecular weight is 337 g/mol. The van der Waals surface area contributed by atoms with Gasteiger partial charge in [0.15, 0.2) is 0 Å². The number of urea groups is 1. The van der Waals surface area contributed by atoms with Crippen LogP contribution in [0.2, 0.25) is 0 Å². The lowest BCUT2D eigenvalue weighted by molar-refractivity contribution is -0.139. The number of aliphatic carboxylic acids is 1. The molecule has 0 spiro atoms. The number of ether oxygens (including phenoxy) is 1. The van der Waals surface area contributed by atoms with Crippen molar-refractivity contribution in [2.45, 2.75) is 38.8 Å². The number of rotatable bonds is 4. The number of carboxylic acid groups (broad SMARTS) is 1. The summed E-state index contributed by atoms with van der Waals surface area (Å²) in [5, 5.41) is 12.4. The van der Waals surface area contributed by atoms with Crippen LogP contribution in [-0.4, -0.2) is 46.9 Å². The third kappa shape index (κ3) is 6.99. The molecule has 0 aliphatic carbocycles. The molecule has 1 rings (SSSR count). The molecular formula is C16H23N3O5. The van der Waals surface area contributed by atoms with Gasteiger partial charge in [-0.3, -0.25) is 0 Å². The van der Waals surface area contributed by atoms with Crippen LogP contribution in [0.4, 0.5) is 9.59 Å². The summed E-state index contributed by atoms with van der Waals surface area (Å²) in [6, 6.07) is 7.04. The lowest BCUT2D eigenvalue weighted by atomic mass is 10.1. The molecule has 0 heterocycles. The quantitative estimate of drug-likeness (QED) is 0.726. The van der Waals surface area contributed by atoms with Gasteiger partial charge in [-0.2, -0.15) is 0 Å². The molecule has 0 aliphatic rings. The zero-order chi connectivity index (χ0) is 18.3. The third-order valence-corrected chi connectivity index (χ3v) is 2.84. The highest BCUT2D eigenvalue weighted by atomic mass is 16.6. The SMILES string of the molecule is CN(NC(=O)OC(C)(C)C)C(=O)N[C@@H](Cc1ccccc1)C(=O)O. The van der Waals surface area contributed by atoms with Crippen LogP contribution in [0.5, 0.6) is 0 Å². The molecule has 8 nitrogen and oxygen atoms in total. The highest BCUT2D eigenvalue weighted by Crippen LogP contribution is 2.07. The van der Waals surface area contributed by atoms with Crippen molar-refractivity contribution in [2.75, 3.05) is 7.05 Å². The van der Waals surface area contributed by atoms with Crippen molar-refractivity contribution in [3.8, 4) is 0 Å². The fourth-order valence-corrected chi connectivity index (χ4v) is 1.78. The lowest BCUT2D eigenvalue weighted by Gasteiger charge is -2.24. The Kier molecular flexibility index (Phi) is 6.58. The fraction of sp³-hybridized carbons (Fsp3) is 0.438. The van der Waals surface area contributed by atoms with Gasteiger partial charge in [-0.1, -0.05) is 30.3 Å². The molecule has 0 saturated carbocycles. The Bertz CT molecular complexity index is 583. The topological polar surface area (TPSA) is 108 Å². The van der Waals surface area contributed by atoms with E-state index in [4.69, 9.17) is 4.74 Å². The number of carbonyl (C=O) groups is 3. The molecule has 0 unspecified atom stereocenters. The predicted molar refractivity (Wildman–Crippen MR) is 87.2 cm³/mol. The van der Waals surface area contributed by atoms with Crippen LogP contribution in [0.3, 0.4) is 0 Å². The largest absolute Gasteiger partial charge is 0.480 e. The summed E-state index contributed by atoms with van der Waals surface area (Å²) in [4.78, 5) is 35.0. The molecule has 24 heavy (non-hydrogen) atoms. The first kappa shape index (κ1) is 19.3. The normalized spacial score (nSPS) is 12.0. The first-order valence-electron chi connectivity index (χ1n) is 7.39. The van der Waals surface area contributed by atoms with Gasteiger partial charge >= 0.3 is 18.1 Å². The van der Waals surface area contributed by atoms with E-state index in [2.05, 4.69) is 10.7 Å². The number of hydrogen-bond donors (Lipinski definition) is 3. The molecule has 0 aliphatic heterocycles. The van der Waals surface area contributed by atoms with Crippen molar-refractivity contribution in [2.24, 2.45) is 0 Å². The Balaban J connectivity index is 2.61. The maximum atomic E-state index is 12.0. The van der Waals surface area contributed by atoms with Crippen molar-refractivity contribution in [1.82, 2.24) is 15.8 Å². The molecular weight excluding hydrogens is 314 g/mol. The van der Waals surface area contributed by atoms with E-state index >= 15 is 0 Å². The molecule has 0 fully saturated rings. The van der Waals surface area contributed by atoms with Crippen LogP contribution in [0, 0.1) is 0 Å². The summed E-state index contributed by atoms with van der Waals surface area (Å²) in [5.41, 5.74) is 2.27. The number of amides is 3. The molecule has 0 radical (unpaired) electrons. The Morgan fingerprint density at radius 3 is 2.29 bits per heavy atom. The Labute approximate surface area is 140 Å². The van der Waals surface area contributed by atoms with E-state index in [-0.39, 0.29) is 6.42 Å². The van der Waals surface area contributed by atoms with E-state index in [9.17, 15) is 19.5 Å². The van der Waals surface area contributed by atoms with E-state index in [1.807, 2.05) is 6.07 Å². The zero-order valence-corrected chi connectivity index (χ0v) is 14.2. The molecule has 0 saturated heterocycles. The Hall–Kier alpha value is -2.77. The van der Waals surface area contributed by atoms with Gasteiger partial charge in [-0.25, -0.2) is 24.8 Å². The van der Waals surface area contributed by atoms with Crippen molar-refractivity contribution in [1.29, 1.82) is 0 Å². The van der Waals surface area contributed by atoms with Gasteiger partial charge in [0.2, 0.25) is 0 Å². The van der Waals surface area contributed by atoms with Gasteiger partial charge < -0.3 is 15.2 Å². The van der Waals surface area contributed by atoms with Gasteiger partial charge in [0.05, 0.1) is 0 Å². The minimum atomic E-state index is -1.17. The molecule has 0 bridgehead atoms. The van der Waals surface area contributed by atoms with Crippen molar-refractivity contribution in [3.63, 3.8) is 0 Å². The molecule has 1 atom stereocenters. The van der Waals surface area contributed by atoms with Crippen LogP contribution in [-0.2, 0) is 16.0 Å². The van der Waals surface area contributed by atoms with Crippen molar-refractivity contribution >= 4 is 18.1 Å². The highest BCUT2D eigenvalue weighted by Gasteiger charge is 2.24. The van der Waals surface area contributed by atoms with Gasteiger partial charge in [0, 0.05) is 13.5 Å². The van der Waals surface area contributed by atoms with Crippen LogP contribution < -0.4 is 10.7 Å².